The molecule has 0 rings (SSSR count). The number of aliphatic carboxylic acids is 1. The van der Waals surface area contributed by atoms with Crippen LogP contribution in [0.1, 0.15) is 20.8 Å². The fourth-order valence-electron chi connectivity index (χ4n) is 0.854. The Balaban J connectivity index is 4.56. The predicted molar refractivity (Wildman–Crippen MR) is 45.0 cm³/mol. The summed E-state index contributed by atoms with van der Waals surface area (Å²) in [6.07, 6.45) is -3.20. The van der Waals surface area contributed by atoms with E-state index in [4.69, 9.17) is 5.11 Å². The Morgan fingerprint density at radius 2 is 1.71 bits per heavy atom. The van der Waals surface area contributed by atoms with Crippen LogP contribution in [-0.4, -0.2) is 29.5 Å². The Hall–Kier alpha value is -1.20. The lowest BCUT2D eigenvalue weighted by Crippen LogP contribution is -2.50. The number of hydrogen-bond donors (Lipinski definition) is 2. The average molecular weight is 209 g/mol. The van der Waals surface area contributed by atoms with Gasteiger partial charge in [0.1, 0.15) is 6.04 Å². The minimum Gasteiger partial charge on any atom is -0.480 e. The smallest absolute Gasteiger partial charge is 0.326 e. The van der Waals surface area contributed by atoms with Crippen molar-refractivity contribution in [3.05, 3.63) is 0 Å². The fraction of sp³-hybridized carbons (Fsp3) is 0.750. The first-order chi connectivity index (χ1) is 6.16. The van der Waals surface area contributed by atoms with Crippen molar-refractivity contribution >= 4 is 11.9 Å². The SMILES string of the molecule is CC(C)(C)[C@@H](NC(=O)C(F)F)C(=O)O. The second-order valence-corrected chi connectivity index (χ2v) is 3.95. The summed E-state index contributed by atoms with van der Waals surface area (Å²) in [6, 6.07) is -1.32. The van der Waals surface area contributed by atoms with Gasteiger partial charge in [-0.3, -0.25) is 4.79 Å². The Morgan fingerprint density at radius 3 is 1.93 bits per heavy atom. The minimum absolute atomic E-state index is 0.809. The lowest BCUT2D eigenvalue weighted by molar-refractivity contribution is -0.147. The van der Waals surface area contributed by atoms with Crippen LogP contribution in [0.2, 0.25) is 0 Å². The van der Waals surface area contributed by atoms with E-state index >= 15 is 0 Å². The van der Waals surface area contributed by atoms with E-state index < -0.39 is 29.8 Å². The third kappa shape index (κ3) is 3.68. The molecule has 0 unspecified atom stereocenters. The van der Waals surface area contributed by atoms with Crippen molar-refractivity contribution in [3.63, 3.8) is 0 Å². The lowest BCUT2D eigenvalue weighted by atomic mass is 9.87. The molecule has 0 aliphatic carbocycles. The summed E-state index contributed by atoms with van der Waals surface area (Å²) in [5.41, 5.74) is -0.809. The summed E-state index contributed by atoms with van der Waals surface area (Å²) in [5.74, 6) is -2.89. The molecule has 0 aliphatic heterocycles. The van der Waals surface area contributed by atoms with Crippen LogP contribution in [0, 0.1) is 5.41 Å². The standard InChI is InChI=1S/C8H13F2NO3/c1-8(2,3)4(7(13)14)11-6(12)5(9)10/h4-5H,1-3H3,(H,11,12)(H,13,14)/t4-/m0/s1. The maximum Gasteiger partial charge on any atom is 0.326 e. The van der Waals surface area contributed by atoms with Crippen LogP contribution in [0.25, 0.3) is 0 Å². The van der Waals surface area contributed by atoms with Gasteiger partial charge in [0.05, 0.1) is 0 Å². The molecule has 0 saturated carbocycles. The first kappa shape index (κ1) is 12.8. The van der Waals surface area contributed by atoms with E-state index in [-0.39, 0.29) is 0 Å². The van der Waals surface area contributed by atoms with Crippen molar-refractivity contribution in [2.75, 3.05) is 0 Å². The molecule has 6 heteroatoms. The minimum atomic E-state index is -3.20. The Labute approximate surface area is 80.3 Å². The molecule has 82 valence electrons. The van der Waals surface area contributed by atoms with E-state index in [0.29, 0.717) is 0 Å². The van der Waals surface area contributed by atoms with Crippen molar-refractivity contribution in [2.24, 2.45) is 5.41 Å². The molecule has 0 aromatic heterocycles. The maximum absolute atomic E-state index is 11.8. The van der Waals surface area contributed by atoms with Gasteiger partial charge in [-0.1, -0.05) is 20.8 Å². The van der Waals surface area contributed by atoms with Crippen molar-refractivity contribution < 1.29 is 23.5 Å². The first-order valence-corrected chi connectivity index (χ1v) is 3.97. The van der Waals surface area contributed by atoms with E-state index in [1.54, 1.807) is 5.32 Å². The highest BCUT2D eigenvalue weighted by Gasteiger charge is 2.34. The highest BCUT2D eigenvalue weighted by atomic mass is 19.3. The van der Waals surface area contributed by atoms with E-state index in [1.807, 2.05) is 0 Å². The van der Waals surface area contributed by atoms with Crippen molar-refractivity contribution in [1.29, 1.82) is 0 Å². The van der Waals surface area contributed by atoms with Gasteiger partial charge in [-0.2, -0.15) is 8.78 Å². The molecule has 0 heterocycles. The van der Waals surface area contributed by atoms with Crippen LogP contribution in [0.5, 0.6) is 0 Å². The average Bonchev–Trinajstić information content (AvgIpc) is 1.96. The predicted octanol–water partition coefficient (Wildman–Crippen LogP) is 0.867. The van der Waals surface area contributed by atoms with Crippen LogP contribution in [0.3, 0.4) is 0 Å². The number of amides is 1. The molecule has 0 fully saturated rings. The summed E-state index contributed by atoms with van der Waals surface area (Å²) in [5, 5.41) is 10.4. The summed E-state index contributed by atoms with van der Waals surface area (Å²) in [4.78, 5) is 21.2. The van der Waals surface area contributed by atoms with Gasteiger partial charge in [-0.25, -0.2) is 4.79 Å². The van der Waals surface area contributed by atoms with Crippen molar-refractivity contribution in [3.8, 4) is 0 Å². The molecule has 0 aromatic rings. The number of alkyl halides is 2. The number of carboxylic acids is 1. The monoisotopic (exact) mass is 209 g/mol. The normalized spacial score (nSPS) is 13.9. The summed E-state index contributed by atoms with van der Waals surface area (Å²) in [6.45, 7) is 4.62. The van der Waals surface area contributed by atoms with Crippen LogP contribution in [0.15, 0.2) is 0 Å². The van der Waals surface area contributed by atoms with Gasteiger partial charge in [-0.15, -0.1) is 0 Å². The number of halogens is 2. The first-order valence-electron chi connectivity index (χ1n) is 3.97. The summed E-state index contributed by atoms with van der Waals surface area (Å²) in [7, 11) is 0. The number of carboxylic acid groups (broad SMARTS) is 1. The topological polar surface area (TPSA) is 66.4 Å². The van der Waals surface area contributed by atoms with Gasteiger partial charge in [0.2, 0.25) is 0 Å². The molecule has 0 saturated heterocycles. The third-order valence-corrected chi connectivity index (χ3v) is 1.60. The zero-order valence-corrected chi connectivity index (χ0v) is 8.17. The van der Waals surface area contributed by atoms with Gasteiger partial charge in [0.15, 0.2) is 0 Å². The number of nitrogens with one attached hydrogen (secondary N) is 1. The van der Waals surface area contributed by atoms with Crippen LogP contribution in [0.4, 0.5) is 8.78 Å². The van der Waals surface area contributed by atoms with E-state index in [9.17, 15) is 18.4 Å². The molecule has 2 N–H and O–H groups in total. The molecule has 0 aromatic carbocycles. The molecular formula is C8H13F2NO3. The van der Waals surface area contributed by atoms with Crippen molar-refractivity contribution in [1.82, 2.24) is 5.32 Å². The van der Waals surface area contributed by atoms with E-state index in [2.05, 4.69) is 0 Å². The highest BCUT2D eigenvalue weighted by Crippen LogP contribution is 2.19. The highest BCUT2D eigenvalue weighted by molar-refractivity contribution is 5.85. The molecule has 1 atom stereocenters. The molecule has 0 spiro atoms. The molecule has 0 aliphatic rings. The van der Waals surface area contributed by atoms with Crippen LogP contribution >= 0.6 is 0 Å². The lowest BCUT2D eigenvalue weighted by Gasteiger charge is -2.27. The van der Waals surface area contributed by atoms with Crippen LogP contribution < -0.4 is 5.32 Å². The van der Waals surface area contributed by atoms with Gasteiger partial charge in [0.25, 0.3) is 5.91 Å². The summed E-state index contributed by atoms with van der Waals surface area (Å²) < 4.78 is 23.7. The molecular weight excluding hydrogens is 196 g/mol. The molecule has 0 bridgehead atoms. The Morgan fingerprint density at radius 1 is 1.29 bits per heavy atom. The molecule has 14 heavy (non-hydrogen) atoms. The van der Waals surface area contributed by atoms with E-state index in [0.717, 1.165) is 0 Å². The quantitative estimate of drug-likeness (QED) is 0.724. The van der Waals surface area contributed by atoms with Gasteiger partial charge in [0, 0.05) is 0 Å². The zero-order chi connectivity index (χ0) is 11.5. The number of carbonyl (C=O) groups is 2. The van der Waals surface area contributed by atoms with E-state index in [1.165, 1.54) is 20.8 Å². The molecule has 0 radical (unpaired) electrons. The number of rotatable bonds is 3. The largest absolute Gasteiger partial charge is 0.480 e. The van der Waals surface area contributed by atoms with Gasteiger partial charge in [-0.05, 0) is 5.41 Å². The third-order valence-electron chi connectivity index (χ3n) is 1.60. The van der Waals surface area contributed by atoms with Gasteiger partial charge < -0.3 is 10.4 Å². The van der Waals surface area contributed by atoms with Gasteiger partial charge >= 0.3 is 12.4 Å². The summed E-state index contributed by atoms with van der Waals surface area (Å²) >= 11 is 0. The number of carbonyl (C=O) groups excluding carboxylic acids is 1. The fourth-order valence-corrected chi connectivity index (χ4v) is 0.854. The van der Waals surface area contributed by atoms with Crippen LogP contribution in [-0.2, 0) is 9.59 Å². The molecule has 4 nitrogen and oxygen atoms in total. The second-order valence-electron chi connectivity index (χ2n) is 3.95. The Bertz CT molecular complexity index is 235. The maximum atomic E-state index is 11.8. The molecule has 1 amide bonds. The number of hydrogen-bond acceptors (Lipinski definition) is 2. The second kappa shape index (κ2) is 4.34. The van der Waals surface area contributed by atoms with Crippen molar-refractivity contribution in [2.45, 2.75) is 33.2 Å². The Kier molecular flexibility index (Phi) is 3.97. The zero-order valence-electron chi connectivity index (χ0n) is 8.17.